The Labute approximate surface area is 128 Å². The predicted octanol–water partition coefficient (Wildman–Crippen LogP) is 3.19. The number of aliphatic hydroxyl groups is 1. The van der Waals surface area contributed by atoms with Crippen molar-refractivity contribution in [3.63, 3.8) is 0 Å². The lowest BCUT2D eigenvalue weighted by Crippen LogP contribution is -2.41. The van der Waals surface area contributed by atoms with Crippen LogP contribution in [0.1, 0.15) is 16.7 Å². The van der Waals surface area contributed by atoms with Crippen molar-refractivity contribution in [2.45, 2.75) is 18.8 Å². The van der Waals surface area contributed by atoms with E-state index in [9.17, 15) is 5.11 Å². The Morgan fingerprint density at radius 2 is 1.75 bits per heavy atom. The number of nitrogens with two attached hydrogens (primary N) is 1. The van der Waals surface area contributed by atoms with Crippen LogP contribution in [0.25, 0.3) is 0 Å². The lowest BCUT2D eigenvalue weighted by atomic mass is 9.76. The van der Waals surface area contributed by atoms with Crippen LogP contribution in [0.5, 0.6) is 0 Å². The zero-order valence-corrected chi connectivity index (χ0v) is 13.2. The van der Waals surface area contributed by atoms with Crippen molar-refractivity contribution < 1.29 is 5.11 Å². The molecule has 1 unspecified atom stereocenters. The predicted molar refractivity (Wildman–Crippen MR) is 86.8 cm³/mol. The van der Waals surface area contributed by atoms with Gasteiger partial charge in [-0.1, -0.05) is 64.0 Å². The molecule has 106 valence electrons. The Balaban J connectivity index is 2.39. The highest BCUT2D eigenvalue weighted by atomic mass is 79.9. The number of aryl methyl sites for hydroxylation is 1. The number of benzene rings is 2. The monoisotopic (exact) mass is 333 g/mol. The average Bonchev–Trinajstić information content (AvgIpc) is 2.48. The molecule has 0 aliphatic carbocycles. The molecule has 1 atom stereocenters. The van der Waals surface area contributed by atoms with Gasteiger partial charge in [0.15, 0.2) is 0 Å². The third kappa shape index (κ3) is 3.11. The quantitative estimate of drug-likeness (QED) is 0.882. The van der Waals surface area contributed by atoms with E-state index in [1.807, 2.05) is 18.2 Å². The molecule has 0 aliphatic rings. The van der Waals surface area contributed by atoms with E-state index in [1.165, 1.54) is 5.56 Å². The standard InChI is InChI=1S/C17H20BrNO/c1-13-6-8-15(9-7-13)17(11-19,12-20)10-14-4-2-3-5-16(14)18/h2-9,20H,10-12,19H2,1H3. The molecular formula is C17H20BrNO. The molecule has 3 heteroatoms. The van der Waals surface area contributed by atoms with Crippen LogP contribution >= 0.6 is 15.9 Å². The van der Waals surface area contributed by atoms with Crippen molar-refractivity contribution >= 4 is 15.9 Å². The zero-order valence-electron chi connectivity index (χ0n) is 11.6. The molecule has 2 aromatic carbocycles. The van der Waals surface area contributed by atoms with Gasteiger partial charge in [0, 0.05) is 16.4 Å². The van der Waals surface area contributed by atoms with Crippen molar-refractivity contribution in [2.24, 2.45) is 5.73 Å². The van der Waals surface area contributed by atoms with Gasteiger partial charge in [-0.3, -0.25) is 0 Å². The van der Waals surface area contributed by atoms with Crippen molar-refractivity contribution in [3.8, 4) is 0 Å². The van der Waals surface area contributed by atoms with E-state index in [0.29, 0.717) is 13.0 Å². The average molecular weight is 334 g/mol. The maximum Gasteiger partial charge on any atom is 0.0543 e. The van der Waals surface area contributed by atoms with Crippen LogP contribution in [0, 0.1) is 6.92 Å². The lowest BCUT2D eigenvalue weighted by Gasteiger charge is -2.32. The molecule has 3 N–H and O–H groups in total. The van der Waals surface area contributed by atoms with Crippen LogP contribution in [0.4, 0.5) is 0 Å². The normalized spacial score (nSPS) is 14.0. The summed E-state index contributed by atoms with van der Waals surface area (Å²) >= 11 is 3.57. The SMILES string of the molecule is Cc1ccc(C(CN)(CO)Cc2ccccc2Br)cc1. The molecule has 0 saturated heterocycles. The molecule has 0 saturated carbocycles. The summed E-state index contributed by atoms with van der Waals surface area (Å²) in [6.45, 7) is 2.50. The van der Waals surface area contributed by atoms with E-state index in [-0.39, 0.29) is 6.61 Å². The van der Waals surface area contributed by atoms with E-state index in [2.05, 4.69) is 53.2 Å². The summed E-state index contributed by atoms with van der Waals surface area (Å²) in [5.74, 6) is 0. The maximum absolute atomic E-state index is 9.96. The second-order valence-electron chi connectivity index (χ2n) is 5.28. The molecular weight excluding hydrogens is 314 g/mol. The molecule has 0 bridgehead atoms. The first kappa shape index (κ1) is 15.2. The van der Waals surface area contributed by atoms with Gasteiger partial charge in [0.1, 0.15) is 0 Å². The van der Waals surface area contributed by atoms with Gasteiger partial charge >= 0.3 is 0 Å². The smallest absolute Gasteiger partial charge is 0.0543 e. The summed E-state index contributed by atoms with van der Waals surface area (Å²) in [5.41, 5.74) is 9.03. The first-order valence-electron chi connectivity index (χ1n) is 6.73. The second-order valence-corrected chi connectivity index (χ2v) is 6.13. The maximum atomic E-state index is 9.96. The van der Waals surface area contributed by atoms with E-state index >= 15 is 0 Å². The summed E-state index contributed by atoms with van der Waals surface area (Å²) in [4.78, 5) is 0. The van der Waals surface area contributed by atoms with Crippen LogP contribution < -0.4 is 5.73 Å². The van der Waals surface area contributed by atoms with E-state index < -0.39 is 5.41 Å². The summed E-state index contributed by atoms with van der Waals surface area (Å²) in [5, 5.41) is 9.96. The minimum atomic E-state index is -0.433. The summed E-state index contributed by atoms with van der Waals surface area (Å²) in [6.07, 6.45) is 0.713. The Hall–Kier alpha value is -1.16. The first-order chi connectivity index (χ1) is 9.61. The molecule has 0 radical (unpaired) electrons. The number of rotatable bonds is 5. The Bertz CT molecular complexity index is 561. The van der Waals surface area contributed by atoms with Crippen LogP contribution in [-0.2, 0) is 11.8 Å². The highest BCUT2D eigenvalue weighted by molar-refractivity contribution is 9.10. The van der Waals surface area contributed by atoms with Crippen LogP contribution in [0.15, 0.2) is 53.0 Å². The second kappa shape index (κ2) is 6.53. The molecule has 0 heterocycles. The number of hydrogen-bond acceptors (Lipinski definition) is 2. The van der Waals surface area contributed by atoms with E-state index in [4.69, 9.17) is 5.73 Å². The lowest BCUT2D eigenvalue weighted by molar-refractivity contribution is 0.196. The van der Waals surface area contributed by atoms with Gasteiger partial charge in [0.2, 0.25) is 0 Å². The van der Waals surface area contributed by atoms with Gasteiger partial charge in [-0.05, 0) is 30.5 Å². The Morgan fingerprint density at radius 1 is 1.10 bits per heavy atom. The van der Waals surface area contributed by atoms with Crippen LogP contribution in [0.2, 0.25) is 0 Å². The fourth-order valence-corrected chi connectivity index (χ4v) is 2.84. The van der Waals surface area contributed by atoms with Crippen molar-refractivity contribution in [2.75, 3.05) is 13.2 Å². The van der Waals surface area contributed by atoms with Crippen molar-refractivity contribution in [1.29, 1.82) is 0 Å². The number of aliphatic hydroxyl groups excluding tert-OH is 1. The van der Waals surface area contributed by atoms with Crippen LogP contribution in [0.3, 0.4) is 0 Å². The highest BCUT2D eigenvalue weighted by Gasteiger charge is 2.31. The number of halogens is 1. The fourth-order valence-electron chi connectivity index (χ4n) is 2.42. The Morgan fingerprint density at radius 3 is 2.30 bits per heavy atom. The van der Waals surface area contributed by atoms with Gasteiger partial charge in [-0.2, -0.15) is 0 Å². The largest absolute Gasteiger partial charge is 0.395 e. The van der Waals surface area contributed by atoms with Crippen molar-refractivity contribution in [3.05, 3.63) is 69.7 Å². The minimum Gasteiger partial charge on any atom is -0.395 e. The van der Waals surface area contributed by atoms with Gasteiger partial charge in [-0.15, -0.1) is 0 Å². The first-order valence-corrected chi connectivity index (χ1v) is 7.52. The molecule has 0 aromatic heterocycles. The third-order valence-corrected chi connectivity index (χ3v) is 4.62. The molecule has 0 amide bonds. The summed E-state index contributed by atoms with van der Waals surface area (Å²) in [6, 6.07) is 16.3. The van der Waals surface area contributed by atoms with Gasteiger partial charge in [0.25, 0.3) is 0 Å². The number of hydrogen-bond donors (Lipinski definition) is 2. The van der Waals surface area contributed by atoms with Crippen LogP contribution in [-0.4, -0.2) is 18.3 Å². The van der Waals surface area contributed by atoms with E-state index in [1.54, 1.807) is 0 Å². The summed E-state index contributed by atoms with van der Waals surface area (Å²) in [7, 11) is 0. The third-order valence-electron chi connectivity index (χ3n) is 3.84. The van der Waals surface area contributed by atoms with Gasteiger partial charge in [0.05, 0.1) is 6.61 Å². The van der Waals surface area contributed by atoms with Gasteiger partial charge in [-0.25, -0.2) is 0 Å². The zero-order chi connectivity index (χ0) is 14.6. The van der Waals surface area contributed by atoms with E-state index in [0.717, 1.165) is 15.6 Å². The van der Waals surface area contributed by atoms with Crippen molar-refractivity contribution in [1.82, 2.24) is 0 Å². The molecule has 0 fully saturated rings. The summed E-state index contributed by atoms with van der Waals surface area (Å²) < 4.78 is 1.05. The Kier molecular flexibility index (Phi) is 4.97. The highest BCUT2D eigenvalue weighted by Crippen LogP contribution is 2.30. The fraction of sp³-hybridized carbons (Fsp3) is 0.294. The molecule has 20 heavy (non-hydrogen) atoms. The molecule has 2 rings (SSSR count). The molecule has 0 aliphatic heterocycles. The molecule has 2 aromatic rings. The minimum absolute atomic E-state index is 0.0356. The van der Waals surface area contributed by atoms with Gasteiger partial charge < -0.3 is 10.8 Å². The molecule has 0 spiro atoms. The molecule has 2 nitrogen and oxygen atoms in total. The topological polar surface area (TPSA) is 46.2 Å².